The minimum Gasteiger partial charge on any atom is -0.490 e. The molecule has 2 heterocycles. The second-order valence-electron chi connectivity index (χ2n) is 5.77. The van der Waals surface area contributed by atoms with Crippen molar-refractivity contribution in [1.82, 2.24) is 9.97 Å². The molecular weight excluding hydrogens is 423 g/mol. The third-order valence-electron chi connectivity index (χ3n) is 3.87. The molecule has 1 saturated heterocycles. The van der Waals surface area contributed by atoms with Gasteiger partial charge in [0, 0.05) is 13.7 Å². The lowest BCUT2D eigenvalue weighted by atomic mass is 10.0. The molecule has 30 heavy (non-hydrogen) atoms. The van der Waals surface area contributed by atoms with E-state index in [9.17, 15) is 13.2 Å². The smallest absolute Gasteiger partial charge is 0.490 e. The molecule has 1 aromatic carbocycles. The van der Waals surface area contributed by atoms with E-state index in [-0.39, 0.29) is 11.9 Å². The van der Waals surface area contributed by atoms with Gasteiger partial charge in [0.1, 0.15) is 12.1 Å². The molecule has 1 aliphatic rings. The Balaban J connectivity index is 0.000000300. The predicted molar refractivity (Wildman–Crippen MR) is 110 cm³/mol. The van der Waals surface area contributed by atoms with E-state index in [1.165, 1.54) is 25.6 Å². The van der Waals surface area contributed by atoms with E-state index in [0.717, 1.165) is 24.8 Å². The van der Waals surface area contributed by atoms with E-state index in [1.54, 1.807) is 19.2 Å². The molecule has 0 saturated carbocycles. The lowest BCUT2D eigenvalue weighted by Gasteiger charge is -2.23. The summed E-state index contributed by atoms with van der Waals surface area (Å²) in [7, 11) is 3.26. The van der Waals surface area contributed by atoms with Gasteiger partial charge < -0.3 is 19.5 Å². The Morgan fingerprint density at radius 1 is 1.13 bits per heavy atom. The van der Waals surface area contributed by atoms with Crippen molar-refractivity contribution >= 4 is 17.4 Å². The van der Waals surface area contributed by atoms with Gasteiger partial charge >= 0.3 is 6.36 Å². The fraction of sp³-hybridized carbons (Fsp3) is 0.500. The number of rotatable bonds is 4. The molecule has 1 N–H and O–H groups in total. The zero-order chi connectivity index (χ0) is 22.6. The number of aromatic nitrogens is 2. The lowest BCUT2D eigenvalue weighted by molar-refractivity contribution is -0.274. The number of benzene rings is 1. The first-order valence-electron chi connectivity index (χ1n) is 9.53. The summed E-state index contributed by atoms with van der Waals surface area (Å²) in [5, 5.41) is 3.14. The van der Waals surface area contributed by atoms with E-state index in [2.05, 4.69) is 20.0 Å². The minimum absolute atomic E-state index is 0.00341. The first-order valence-corrected chi connectivity index (χ1v) is 9.91. The van der Waals surface area contributed by atoms with Crippen LogP contribution in [0.3, 0.4) is 0 Å². The molecule has 3 rings (SSSR count). The van der Waals surface area contributed by atoms with Crippen molar-refractivity contribution in [2.75, 3.05) is 26.1 Å². The molecule has 0 amide bonds. The standard InChI is InChI=1S/C12H13F3O2.C6H8ClN3O.C2H6/c13-12(14,15)17-10-6-4-9(5-7-10)11-3-1-2-8-16-11;1-8-6-4(11-2)5(7)9-3-10-6;1-2/h4-7,11H,1-3,8H2;3H,1-2H3,(H,8,9,10);1-2H3/t11-;;/m0../s1. The Hall–Kier alpha value is -2.26. The topological polar surface area (TPSA) is 65.5 Å². The largest absolute Gasteiger partial charge is 0.573 e. The molecule has 10 heteroatoms. The molecule has 6 nitrogen and oxygen atoms in total. The number of nitrogens with zero attached hydrogens (tertiary/aromatic N) is 2. The average Bonchev–Trinajstić information content (AvgIpc) is 2.75. The van der Waals surface area contributed by atoms with Gasteiger partial charge in [-0.2, -0.15) is 0 Å². The van der Waals surface area contributed by atoms with E-state index >= 15 is 0 Å². The summed E-state index contributed by atoms with van der Waals surface area (Å²) < 4.78 is 50.1. The molecule has 0 aliphatic carbocycles. The highest BCUT2D eigenvalue weighted by atomic mass is 35.5. The van der Waals surface area contributed by atoms with Crippen LogP contribution in [0.5, 0.6) is 11.5 Å². The van der Waals surface area contributed by atoms with E-state index in [4.69, 9.17) is 21.1 Å². The second kappa shape index (κ2) is 13.1. The third kappa shape index (κ3) is 8.62. The van der Waals surface area contributed by atoms with Crippen LogP contribution in [0.1, 0.15) is 44.8 Å². The lowest BCUT2D eigenvalue weighted by Crippen LogP contribution is -2.17. The highest BCUT2D eigenvalue weighted by Crippen LogP contribution is 2.30. The third-order valence-corrected chi connectivity index (χ3v) is 4.14. The van der Waals surface area contributed by atoms with Crippen LogP contribution in [-0.4, -0.2) is 37.1 Å². The maximum absolute atomic E-state index is 11.9. The molecule has 1 atom stereocenters. The fourth-order valence-electron chi connectivity index (χ4n) is 2.60. The Morgan fingerprint density at radius 2 is 1.80 bits per heavy atom. The summed E-state index contributed by atoms with van der Waals surface area (Å²) in [6, 6.07) is 5.88. The maximum atomic E-state index is 11.9. The Bertz CT molecular complexity index is 740. The summed E-state index contributed by atoms with van der Waals surface area (Å²) in [5.41, 5.74) is 0.902. The molecule has 0 spiro atoms. The van der Waals surface area contributed by atoms with Gasteiger partial charge in [0.15, 0.2) is 16.7 Å². The molecule has 1 aliphatic heterocycles. The SMILES string of the molecule is CC.CNc1ncnc(Cl)c1OC.FC(F)(F)Oc1ccc([C@@H]2CCCCO2)cc1. The van der Waals surface area contributed by atoms with Crippen LogP contribution in [0.2, 0.25) is 5.15 Å². The highest BCUT2D eigenvalue weighted by molar-refractivity contribution is 6.31. The number of methoxy groups -OCH3 is 1. The summed E-state index contributed by atoms with van der Waals surface area (Å²) in [6.07, 6.45) is -0.209. The summed E-state index contributed by atoms with van der Waals surface area (Å²) in [5.74, 6) is 0.862. The van der Waals surface area contributed by atoms with Crippen LogP contribution >= 0.6 is 11.6 Å². The van der Waals surface area contributed by atoms with E-state index in [1.807, 2.05) is 13.8 Å². The molecule has 168 valence electrons. The van der Waals surface area contributed by atoms with Crippen molar-refractivity contribution in [3.05, 3.63) is 41.3 Å². The number of alkyl halides is 3. The van der Waals surface area contributed by atoms with E-state index < -0.39 is 6.36 Å². The number of halogens is 4. The average molecular weight is 450 g/mol. The first kappa shape index (κ1) is 25.8. The molecule has 2 aromatic rings. The van der Waals surface area contributed by atoms with Crippen molar-refractivity contribution < 1.29 is 27.4 Å². The predicted octanol–water partition coefficient (Wildman–Crippen LogP) is 6.03. The summed E-state index contributed by atoms with van der Waals surface area (Å²) in [4.78, 5) is 7.65. The quantitative estimate of drug-likeness (QED) is 0.574. The molecular formula is C20H27ClF3N3O3. The van der Waals surface area contributed by atoms with Crippen molar-refractivity contribution in [3.8, 4) is 11.5 Å². The van der Waals surface area contributed by atoms with Crippen LogP contribution in [0.25, 0.3) is 0 Å². The monoisotopic (exact) mass is 449 g/mol. The zero-order valence-electron chi connectivity index (χ0n) is 17.4. The van der Waals surface area contributed by atoms with Gasteiger partial charge in [-0.1, -0.05) is 37.6 Å². The number of hydrogen-bond donors (Lipinski definition) is 1. The number of nitrogens with one attached hydrogen (secondary N) is 1. The summed E-state index contributed by atoms with van der Waals surface area (Å²) >= 11 is 5.69. The molecule has 0 radical (unpaired) electrons. The zero-order valence-corrected chi connectivity index (χ0v) is 18.2. The number of ether oxygens (including phenoxy) is 3. The van der Waals surface area contributed by atoms with Crippen LogP contribution in [0.15, 0.2) is 30.6 Å². The van der Waals surface area contributed by atoms with Crippen molar-refractivity contribution in [1.29, 1.82) is 0 Å². The van der Waals surface area contributed by atoms with Gasteiger partial charge in [-0.3, -0.25) is 0 Å². The fourth-order valence-corrected chi connectivity index (χ4v) is 2.81. The first-order chi connectivity index (χ1) is 14.3. The van der Waals surface area contributed by atoms with Crippen molar-refractivity contribution in [3.63, 3.8) is 0 Å². The van der Waals surface area contributed by atoms with Gasteiger partial charge in [-0.05, 0) is 37.0 Å². The number of hydrogen-bond acceptors (Lipinski definition) is 6. The number of anilines is 1. The van der Waals surface area contributed by atoms with Crippen LogP contribution in [-0.2, 0) is 4.74 Å². The Morgan fingerprint density at radius 3 is 2.27 bits per heavy atom. The normalized spacial score (nSPS) is 15.7. The highest BCUT2D eigenvalue weighted by Gasteiger charge is 2.31. The molecule has 1 fully saturated rings. The molecule has 0 bridgehead atoms. The maximum Gasteiger partial charge on any atom is 0.573 e. The van der Waals surface area contributed by atoms with Crippen LogP contribution in [0, 0.1) is 0 Å². The summed E-state index contributed by atoms with van der Waals surface area (Å²) in [6.45, 7) is 4.71. The van der Waals surface area contributed by atoms with Gasteiger partial charge in [0.2, 0.25) is 0 Å². The van der Waals surface area contributed by atoms with Crippen LogP contribution < -0.4 is 14.8 Å². The Labute approximate surface area is 179 Å². The van der Waals surface area contributed by atoms with Crippen molar-refractivity contribution in [2.24, 2.45) is 0 Å². The second-order valence-corrected chi connectivity index (χ2v) is 6.13. The Kier molecular flexibility index (Phi) is 11.3. The minimum atomic E-state index is -4.64. The van der Waals surface area contributed by atoms with Gasteiger partial charge in [0.05, 0.1) is 13.2 Å². The molecule has 0 unspecified atom stereocenters. The van der Waals surface area contributed by atoms with Crippen LogP contribution in [0.4, 0.5) is 19.0 Å². The molecule has 1 aromatic heterocycles. The van der Waals surface area contributed by atoms with Gasteiger partial charge in [-0.15, -0.1) is 13.2 Å². The van der Waals surface area contributed by atoms with Gasteiger partial charge in [0.25, 0.3) is 0 Å². The van der Waals surface area contributed by atoms with E-state index in [0.29, 0.717) is 23.3 Å². The van der Waals surface area contributed by atoms with Crippen molar-refractivity contribution in [2.45, 2.75) is 45.6 Å². The van der Waals surface area contributed by atoms with Gasteiger partial charge in [-0.25, -0.2) is 9.97 Å².